The molecule has 2 aliphatic rings. The molecule has 7 nitrogen and oxygen atoms in total. The maximum Gasteiger partial charge on any atom is 0.271 e. The van der Waals surface area contributed by atoms with Crippen molar-refractivity contribution in [1.29, 1.82) is 0 Å². The van der Waals surface area contributed by atoms with Gasteiger partial charge >= 0.3 is 0 Å². The lowest BCUT2D eigenvalue weighted by atomic mass is 10.1. The van der Waals surface area contributed by atoms with Crippen LogP contribution in [-0.4, -0.2) is 79.0 Å². The van der Waals surface area contributed by atoms with Crippen molar-refractivity contribution in [2.75, 3.05) is 57.8 Å². The smallest absolute Gasteiger partial charge is 0.271 e. The molecular weight excluding hydrogens is 380 g/mol. The van der Waals surface area contributed by atoms with Crippen molar-refractivity contribution in [3.63, 3.8) is 0 Å². The van der Waals surface area contributed by atoms with E-state index < -0.39 is 0 Å². The molecular formula is C23H30N4O3. The van der Waals surface area contributed by atoms with Crippen LogP contribution in [0, 0.1) is 0 Å². The number of anilines is 1. The Morgan fingerprint density at radius 1 is 0.967 bits per heavy atom. The van der Waals surface area contributed by atoms with Crippen LogP contribution in [0.25, 0.3) is 0 Å². The molecule has 0 atom stereocenters. The topological polar surface area (TPSA) is 58.0 Å². The fourth-order valence-electron chi connectivity index (χ4n) is 4.45. The Morgan fingerprint density at radius 2 is 1.73 bits per heavy atom. The van der Waals surface area contributed by atoms with Crippen LogP contribution in [0.15, 0.2) is 36.5 Å². The summed E-state index contributed by atoms with van der Waals surface area (Å²) in [5.74, 6) is 0.957. The number of benzene rings is 1. The highest BCUT2D eigenvalue weighted by Gasteiger charge is 2.29. The molecule has 0 saturated carbocycles. The van der Waals surface area contributed by atoms with Crippen LogP contribution in [0.4, 0.5) is 5.69 Å². The number of ketones is 1. The number of aromatic nitrogens is 1. The van der Waals surface area contributed by atoms with Gasteiger partial charge < -0.3 is 19.1 Å². The van der Waals surface area contributed by atoms with Crippen LogP contribution >= 0.6 is 0 Å². The number of amides is 1. The number of Topliss-reactive ketones (excluding diaryl/α,β-unsaturated/α-hetero) is 1. The maximum absolute atomic E-state index is 12.9. The summed E-state index contributed by atoms with van der Waals surface area (Å²) < 4.78 is 7.26. The summed E-state index contributed by atoms with van der Waals surface area (Å²) in [6, 6.07) is 9.92. The third-order valence-corrected chi connectivity index (χ3v) is 6.17. The Bertz CT molecular complexity index is 915. The molecule has 4 rings (SSSR count). The summed E-state index contributed by atoms with van der Waals surface area (Å²) in [7, 11) is 3.54. The molecule has 160 valence electrons. The van der Waals surface area contributed by atoms with E-state index in [0.29, 0.717) is 30.8 Å². The van der Waals surface area contributed by atoms with Gasteiger partial charge in [-0.15, -0.1) is 0 Å². The summed E-state index contributed by atoms with van der Waals surface area (Å²) in [4.78, 5) is 31.9. The summed E-state index contributed by atoms with van der Waals surface area (Å²) in [5.41, 5.74) is 2.25. The highest BCUT2D eigenvalue weighted by molar-refractivity contribution is 6.08. The summed E-state index contributed by atoms with van der Waals surface area (Å²) >= 11 is 0. The van der Waals surface area contributed by atoms with E-state index in [4.69, 9.17) is 4.74 Å². The zero-order chi connectivity index (χ0) is 21.1. The lowest BCUT2D eigenvalue weighted by molar-refractivity contribution is 0.0741. The highest BCUT2D eigenvalue weighted by atomic mass is 16.5. The zero-order valence-corrected chi connectivity index (χ0v) is 17.8. The molecule has 0 aliphatic carbocycles. The Labute approximate surface area is 177 Å². The van der Waals surface area contributed by atoms with Crippen LogP contribution in [0.1, 0.15) is 33.7 Å². The molecule has 1 amide bonds. The molecule has 0 N–H and O–H groups in total. The predicted octanol–water partition coefficient (Wildman–Crippen LogP) is 2.27. The average molecular weight is 411 g/mol. The lowest BCUT2D eigenvalue weighted by Crippen LogP contribution is -2.47. The normalized spacial score (nSPS) is 17.8. The van der Waals surface area contributed by atoms with Crippen molar-refractivity contribution < 1.29 is 14.3 Å². The van der Waals surface area contributed by atoms with Gasteiger partial charge in [0.25, 0.3) is 5.91 Å². The Balaban J connectivity index is 1.28. The Kier molecular flexibility index (Phi) is 6.08. The van der Waals surface area contributed by atoms with Crippen molar-refractivity contribution in [2.24, 2.45) is 7.05 Å². The van der Waals surface area contributed by atoms with Gasteiger partial charge in [0.15, 0.2) is 5.78 Å². The molecule has 1 aromatic carbocycles. The number of rotatable bonds is 6. The number of aryl methyl sites for hydroxylation is 1. The van der Waals surface area contributed by atoms with Crippen molar-refractivity contribution >= 4 is 17.4 Å². The van der Waals surface area contributed by atoms with Gasteiger partial charge in [-0.2, -0.15) is 0 Å². The van der Waals surface area contributed by atoms with Crippen molar-refractivity contribution in [2.45, 2.75) is 12.8 Å². The van der Waals surface area contributed by atoms with E-state index in [1.54, 1.807) is 23.9 Å². The Morgan fingerprint density at radius 3 is 2.50 bits per heavy atom. The number of hydrogen-bond acceptors (Lipinski definition) is 5. The predicted molar refractivity (Wildman–Crippen MR) is 117 cm³/mol. The molecule has 1 fully saturated rings. The van der Waals surface area contributed by atoms with Crippen LogP contribution in [0.3, 0.4) is 0 Å². The number of methoxy groups -OCH3 is 1. The minimum atomic E-state index is -0.0238. The number of para-hydroxylation sites is 2. The number of nitrogens with zero attached hydrogens (tertiary/aromatic N) is 4. The number of fused-ring (bicyclic) bond motifs is 1. The first kappa shape index (κ1) is 20.5. The van der Waals surface area contributed by atoms with Gasteiger partial charge in [-0.3, -0.25) is 14.5 Å². The van der Waals surface area contributed by atoms with E-state index in [1.165, 1.54) is 0 Å². The van der Waals surface area contributed by atoms with E-state index in [2.05, 4.69) is 15.9 Å². The lowest BCUT2D eigenvalue weighted by Gasteiger charge is -2.36. The van der Waals surface area contributed by atoms with Crippen molar-refractivity contribution in [3.05, 3.63) is 47.8 Å². The molecule has 2 aromatic rings. The summed E-state index contributed by atoms with van der Waals surface area (Å²) in [5, 5.41) is 0. The molecule has 0 bridgehead atoms. The second-order valence-corrected chi connectivity index (χ2v) is 8.01. The molecule has 1 aromatic heterocycles. The van der Waals surface area contributed by atoms with E-state index in [9.17, 15) is 9.59 Å². The molecule has 0 unspecified atom stereocenters. The molecule has 7 heteroatoms. The van der Waals surface area contributed by atoms with Crippen LogP contribution in [-0.2, 0) is 7.05 Å². The molecule has 30 heavy (non-hydrogen) atoms. The van der Waals surface area contributed by atoms with Crippen molar-refractivity contribution in [3.8, 4) is 5.75 Å². The van der Waals surface area contributed by atoms with Crippen LogP contribution in [0.5, 0.6) is 5.75 Å². The number of hydrogen-bond donors (Lipinski definition) is 0. The van der Waals surface area contributed by atoms with Gasteiger partial charge in [0.1, 0.15) is 11.4 Å². The monoisotopic (exact) mass is 410 g/mol. The number of carbonyl (C=O) groups is 2. The van der Waals surface area contributed by atoms with E-state index in [1.807, 2.05) is 30.1 Å². The SMILES string of the molecule is COc1ccccc1N1CCN(CCCN2CCC(=O)c3ccn(C)c3C2=O)CC1. The van der Waals surface area contributed by atoms with Gasteiger partial charge in [0.2, 0.25) is 0 Å². The van der Waals surface area contributed by atoms with Crippen LogP contribution < -0.4 is 9.64 Å². The summed E-state index contributed by atoms with van der Waals surface area (Å²) in [6.07, 6.45) is 3.11. The molecule has 1 saturated heterocycles. The third kappa shape index (κ3) is 4.07. The van der Waals surface area contributed by atoms with Gasteiger partial charge in [-0.05, 0) is 31.2 Å². The van der Waals surface area contributed by atoms with Gasteiger partial charge in [0, 0.05) is 64.5 Å². The first-order chi connectivity index (χ1) is 14.6. The minimum Gasteiger partial charge on any atom is -0.495 e. The molecule has 3 heterocycles. The van der Waals surface area contributed by atoms with E-state index in [-0.39, 0.29) is 11.7 Å². The van der Waals surface area contributed by atoms with Crippen LogP contribution in [0.2, 0.25) is 0 Å². The summed E-state index contributed by atoms with van der Waals surface area (Å²) in [6.45, 7) is 6.06. The number of piperazine rings is 1. The van der Waals surface area contributed by atoms with E-state index in [0.717, 1.165) is 50.6 Å². The fraction of sp³-hybridized carbons (Fsp3) is 0.478. The molecule has 0 spiro atoms. The zero-order valence-electron chi connectivity index (χ0n) is 17.8. The largest absolute Gasteiger partial charge is 0.495 e. The molecule has 2 aliphatic heterocycles. The van der Waals surface area contributed by atoms with Crippen molar-refractivity contribution in [1.82, 2.24) is 14.4 Å². The highest BCUT2D eigenvalue weighted by Crippen LogP contribution is 2.28. The first-order valence-corrected chi connectivity index (χ1v) is 10.7. The second-order valence-electron chi connectivity index (χ2n) is 8.01. The van der Waals surface area contributed by atoms with E-state index >= 15 is 0 Å². The average Bonchev–Trinajstić information content (AvgIpc) is 3.12. The molecule has 0 radical (unpaired) electrons. The van der Waals surface area contributed by atoms with Gasteiger partial charge in [-0.25, -0.2) is 0 Å². The third-order valence-electron chi connectivity index (χ3n) is 6.17. The number of carbonyl (C=O) groups excluding carboxylic acids is 2. The standard InChI is InChI=1S/C23H30N4O3/c1-24-12-8-18-20(28)9-13-27(23(29)22(18)24)11-5-10-25-14-16-26(17-15-25)19-6-3-4-7-21(19)30-2/h3-4,6-8,12H,5,9-11,13-17H2,1-2H3. The first-order valence-electron chi connectivity index (χ1n) is 10.7. The fourth-order valence-corrected chi connectivity index (χ4v) is 4.45. The quantitative estimate of drug-likeness (QED) is 0.731. The maximum atomic E-state index is 12.9. The number of ether oxygens (including phenoxy) is 1. The van der Waals surface area contributed by atoms with Gasteiger partial charge in [0.05, 0.1) is 12.8 Å². The van der Waals surface area contributed by atoms with Gasteiger partial charge in [-0.1, -0.05) is 12.1 Å². The minimum absolute atomic E-state index is 0.0238. The Hall–Kier alpha value is -2.80. The second kappa shape index (κ2) is 8.92.